The zero-order valence-electron chi connectivity index (χ0n) is 10.3. The fourth-order valence-electron chi connectivity index (χ4n) is 3.68. The molecule has 0 bridgehead atoms. The topological polar surface area (TPSA) is 13.1 Å². The molecule has 1 unspecified atom stereocenters. The molecule has 1 fully saturated rings. The standard InChI is InChI=1S/C15H20O/c1-10-5-4-6-15(3)8-14-12(7-13(10)15)11(2)9-16-14/h9,13H,1,4-8H2,2-3H3/t13?,15-/m1/s1. The van der Waals surface area contributed by atoms with Crippen molar-refractivity contribution in [2.75, 3.05) is 0 Å². The molecule has 1 saturated carbocycles. The predicted molar refractivity (Wildman–Crippen MR) is 65.4 cm³/mol. The summed E-state index contributed by atoms with van der Waals surface area (Å²) in [4.78, 5) is 0. The highest BCUT2D eigenvalue weighted by Crippen LogP contribution is 2.51. The van der Waals surface area contributed by atoms with Gasteiger partial charge in [0.15, 0.2) is 0 Å². The molecule has 0 aliphatic heterocycles. The minimum atomic E-state index is 0.409. The van der Waals surface area contributed by atoms with Crippen molar-refractivity contribution >= 4 is 0 Å². The summed E-state index contributed by atoms with van der Waals surface area (Å²) in [5, 5.41) is 0. The van der Waals surface area contributed by atoms with Gasteiger partial charge in [-0.05, 0) is 55.1 Å². The minimum absolute atomic E-state index is 0.409. The molecular weight excluding hydrogens is 196 g/mol. The van der Waals surface area contributed by atoms with Gasteiger partial charge >= 0.3 is 0 Å². The Labute approximate surface area is 97.5 Å². The van der Waals surface area contributed by atoms with Crippen LogP contribution in [0, 0.1) is 18.3 Å². The molecule has 0 spiro atoms. The average molecular weight is 216 g/mol. The zero-order chi connectivity index (χ0) is 11.3. The Morgan fingerprint density at radius 2 is 2.31 bits per heavy atom. The Hall–Kier alpha value is -0.980. The Morgan fingerprint density at radius 1 is 1.50 bits per heavy atom. The molecule has 86 valence electrons. The van der Waals surface area contributed by atoms with Gasteiger partial charge in [0.05, 0.1) is 6.26 Å². The maximum Gasteiger partial charge on any atom is 0.107 e. The Morgan fingerprint density at radius 3 is 3.12 bits per heavy atom. The molecular formula is C15H20O. The number of allylic oxidation sites excluding steroid dienone is 1. The molecule has 0 saturated heterocycles. The molecule has 1 heterocycles. The second-order valence-electron chi connectivity index (χ2n) is 5.92. The molecule has 1 aromatic heterocycles. The summed E-state index contributed by atoms with van der Waals surface area (Å²) in [5.74, 6) is 1.93. The minimum Gasteiger partial charge on any atom is -0.469 e. The largest absolute Gasteiger partial charge is 0.469 e. The molecule has 0 amide bonds. The molecule has 1 aromatic rings. The number of hydrogen-bond donors (Lipinski definition) is 0. The van der Waals surface area contributed by atoms with Crippen LogP contribution >= 0.6 is 0 Å². The van der Waals surface area contributed by atoms with E-state index in [1.54, 1.807) is 0 Å². The second kappa shape index (κ2) is 3.26. The molecule has 2 aliphatic rings. The monoisotopic (exact) mass is 216 g/mol. The van der Waals surface area contributed by atoms with Crippen LogP contribution < -0.4 is 0 Å². The van der Waals surface area contributed by atoms with Gasteiger partial charge in [-0.15, -0.1) is 0 Å². The summed E-state index contributed by atoms with van der Waals surface area (Å²) in [6, 6.07) is 0. The van der Waals surface area contributed by atoms with Crippen molar-refractivity contribution in [2.45, 2.75) is 46.0 Å². The first-order chi connectivity index (χ1) is 7.60. The lowest BCUT2D eigenvalue weighted by Gasteiger charge is -2.45. The van der Waals surface area contributed by atoms with Crippen molar-refractivity contribution in [1.82, 2.24) is 0 Å². The third kappa shape index (κ3) is 1.30. The summed E-state index contributed by atoms with van der Waals surface area (Å²) < 4.78 is 5.71. The maximum atomic E-state index is 5.71. The molecule has 2 aliphatic carbocycles. The number of rotatable bonds is 0. The second-order valence-corrected chi connectivity index (χ2v) is 5.92. The summed E-state index contributed by atoms with van der Waals surface area (Å²) >= 11 is 0. The lowest BCUT2D eigenvalue weighted by atomic mass is 9.59. The Balaban J connectivity index is 2.04. The third-order valence-corrected chi connectivity index (χ3v) is 4.74. The molecule has 1 nitrogen and oxygen atoms in total. The van der Waals surface area contributed by atoms with Crippen LogP contribution in [0.2, 0.25) is 0 Å². The van der Waals surface area contributed by atoms with E-state index in [4.69, 9.17) is 4.42 Å². The summed E-state index contributed by atoms with van der Waals surface area (Å²) in [7, 11) is 0. The number of furan rings is 1. The molecule has 0 N–H and O–H groups in total. The van der Waals surface area contributed by atoms with E-state index in [1.807, 2.05) is 6.26 Å². The van der Waals surface area contributed by atoms with Crippen LogP contribution in [0.15, 0.2) is 22.8 Å². The van der Waals surface area contributed by atoms with Crippen LogP contribution in [-0.4, -0.2) is 0 Å². The SMILES string of the molecule is C=C1CCC[C@]2(C)Cc3occ(C)c3CC12. The van der Waals surface area contributed by atoms with Crippen molar-refractivity contribution in [3.05, 3.63) is 35.3 Å². The van der Waals surface area contributed by atoms with Crippen LogP contribution in [0.1, 0.15) is 43.1 Å². The van der Waals surface area contributed by atoms with Gasteiger partial charge in [0.2, 0.25) is 0 Å². The summed E-state index contributed by atoms with van der Waals surface area (Å²) in [6.07, 6.45) is 8.06. The van der Waals surface area contributed by atoms with E-state index in [-0.39, 0.29) is 0 Å². The van der Waals surface area contributed by atoms with Crippen LogP contribution in [0.25, 0.3) is 0 Å². The van der Waals surface area contributed by atoms with Crippen LogP contribution in [0.4, 0.5) is 0 Å². The Kier molecular flexibility index (Phi) is 2.07. The van der Waals surface area contributed by atoms with E-state index in [9.17, 15) is 0 Å². The summed E-state index contributed by atoms with van der Waals surface area (Å²) in [6.45, 7) is 8.88. The first-order valence-corrected chi connectivity index (χ1v) is 6.34. The fourth-order valence-corrected chi connectivity index (χ4v) is 3.68. The fraction of sp³-hybridized carbons (Fsp3) is 0.600. The number of hydrogen-bond acceptors (Lipinski definition) is 1. The van der Waals surface area contributed by atoms with E-state index in [0.29, 0.717) is 11.3 Å². The van der Waals surface area contributed by atoms with Gasteiger partial charge in [-0.25, -0.2) is 0 Å². The van der Waals surface area contributed by atoms with Crippen LogP contribution in [0.3, 0.4) is 0 Å². The molecule has 0 radical (unpaired) electrons. The van der Waals surface area contributed by atoms with E-state index in [1.165, 1.54) is 41.7 Å². The Bertz CT molecular complexity index is 440. The molecule has 16 heavy (non-hydrogen) atoms. The van der Waals surface area contributed by atoms with Gasteiger partial charge in [-0.3, -0.25) is 0 Å². The van der Waals surface area contributed by atoms with Crippen molar-refractivity contribution in [3.8, 4) is 0 Å². The van der Waals surface area contributed by atoms with Crippen molar-refractivity contribution in [3.63, 3.8) is 0 Å². The van der Waals surface area contributed by atoms with E-state index >= 15 is 0 Å². The van der Waals surface area contributed by atoms with Gasteiger partial charge in [0.25, 0.3) is 0 Å². The van der Waals surface area contributed by atoms with Crippen molar-refractivity contribution < 1.29 is 4.42 Å². The lowest BCUT2D eigenvalue weighted by molar-refractivity contribution is 0.138. The lowest BCUT2D eigenvalue weighted by Crippen LogP contribution is -2.38. The van der Waals surface area contributed by atoms with Gasteiger partial charge in [0.1, 0.15) is 5.76 Å². The van der Waals surface area contributed by atoms with Gasteiger partial charge in [-0.2, -0.15) is 0 Å². The smallest absolute Gasteiger partial charge is 0.107 e. The quantitative estimate of drug-likeness (QED) is 0.596. The van der Waals surface area contributed by atoms with Crippen LogP contribution in [0.5, 0.6) is 0 Å². The highest BCUT2D eigenvalue weighted by atomic mass is 16.3. The molecule has 2 atom stereocenters. The van der Waals surface area contributed by atoms with Crippen molar-refractivity contribution in [1.29, 1.82) is 0 Å². The number of aryl methyl sites for hydroxylation is 1. The van der Waals surface area contributed by atoms with Gasteiger partial charge < -0.3 is 4.42 Å². The molecule has 3 rings (SSSR count). The highest BCUT2D eigenvalue weighted by Gasteiger charge is 2.43. The van der Waals surface area contributed by atoms with E-state index in [0.717, 1.165) is 12.8 Å². The van der Waals surface area contributed by atoms with Gasteiger partial charge in [0, 0.05) is 6.42 Å². The number of fused-ring (bicyclic) bond motifs is 2. The molecule has 0 aromatic carbocycles. The van der Waals surface area contributed by atoms with Crippen LogP contribution in [-0.2, 0) is 12.8 Å². The first-order valence-electron chi connectivity index (χ1n) is 6.34. The van der Waals surface area contributed by atoms with E-state index < -0.39 is 0 Å². The third-order valence-electron chi connectivity index (χ3n) is 4.74. The predicted octanol–water partition coefficient (Wildman–Crippen LogP) is 4.05. The van der Waals surface area contributed by atoms with Gasteiger partial charge in [-0.1, -0.05) is 19.1 Å². The molecule has 1 heteroatoms. The normalized spacial score (nSPS) is 33.4. The van der Waals surface area contributed by atoms with Crippen molar-refractivity contribution in [2.24, 2.45) is 11.3 Å². The zero-order valence-corrected chi connectivity index (χ0v) is 10.3. The highest BCUT2D eigenvalue weighted by molar-refractivity contribution is 5.34. The maximum absolute atomic E-state index is 5.71. The van der Waals surface area contributed by atoms with E-state index in [2.05, 4.69) is 20.4 Å². The first kappa shape index (κ1) is 10.2. The summed E-state index contributed by atoms with van der Waals surface area (Å²) in [5.41, 5.74) is 4.67. The average Bonchev–Trinajstić information content (AvgIpc) is 2.57.